The number of nitrogens with one attached hydrogen (secondary N) is 1. The number of aryl methyl sites for hydroxylation is 1. The highest BCUT2D eigenvalue weighted by molar-refractivity contribution is 6.31. The molecule has 4 heteroatoms. The third-order valence-electron chi connectivity index (χ3n) is 4.31. The summed E-state index contributed by atoms with van der Waals surface area (Å²) in [5.41, 5.74) is 1.73. The van der Waals surface area contributed by atoms with E-state index in [4.69, 9.17) is 11.6 Å². The number of nitrogens with zero attached hydrogens (tertiary/aromatic N) is 1. The van der Waals surface area contributed by atoms with Crippen molar-refractivity contribution in [2.45, 2.75) is 39.2 Å². The quantitative estimate of drug-likeness (QED) is 0.929. The molecule has 2 rings (SSSR count). The molecule has 0 unspecified atom stereocenters. The SMILES string of the molecule is Cc1cc(C(C)(C)NC(=O)[C@H]2CCCN(C)C2)ccc1Cl. The number of rotatable bonds is 3. The summed E-state index contributed by atoms with van der Waals surface area (Å²) < 4.78 is 0. The van der Waals surface area contributed by atoms with Crippen LogP contribution >= 0.6 is 11.6 Å². The van der Waals surface area contributed by atoms with Crippen LogP contribution in [0.4, 0.5) is 0 Å². The molecule has 0 radical (unpaired) electrons. The van der Waals surface area contributed by atoms with Crippen molar-refractivity contribution in [3.05, 3.63) is 34.3 Å². The number of amides is 1. The molecule has 116 valence electrons. The number of piperidine rings is 1. The Morgan fingerprint density at radius 1 is 1.43 bits per heavy atom. The van der Waals surface area contributed by atoms with E-state index in [2.05, 4.69) is 23.3 Å². The van der Waals surface area contributed by atoms with E-state index in [1.54, 1.807) is 0 Å². The molecule has 1 fully saturated rings. The zero-order chi connectivity index (χ0) is 15.6. The molecule has 1 aliphatic rings. The topological polar surface area (TPSA) is 32.3 Å². The van der Waals surface area contributed by atoms with Crippen LogP contribution in [0, 0.1) is 12.8 Å². The molecular weight excluding hydrogens is 284 g/mol. The number of hydrogen-bond acceptors (Lipinski definition) is 2. The van der Waals surface area contributed by atoms with Gasteiger partial charge in [-0.15, -0.1) is 0 Å². The maximum atomic E-state index is 12.5. The Kier molecular flexibility index (Phi) is 4.95. The van der Waals surface area contributed by atoms with Crippen molar-refractivity contribution in [1.29, 1.82) is 0 Å². The van der Waals surface area contributed by atoms with Gasteiger partial charge in [-0.2, -0.15) is 0 Å². The van der Waals surface area contributed by atoms with Crippen LogP contribution in [0.5, 0.6) is 0 Å². The van der Waals surface area contributed by atoms with Crippen molar-refractivity contribution in [3.8, 4) is 0 Å². The van der Waals surface area contributed by atoms with Crippen LogP contribution in [0.3, 0.4) is 0 Å². The van der Waals surface area contributed by atoms with Gasteiger partial charge in [0.2, 0.25) is 5.91 Å². The molecule has 1 aromatic carbocycles. The number of carbonyl (C=O) groups is 1. The van der Waals surface area contributed by atoms with E-state index in [9.17, 15) is 4.79 Å². The molecule has 1 heterocycles. The zero-order valence-corrected chi connectivity index (χ0v) is 14.1. The van der Waals surface area contributed by atoms with E-state index < -0.39 is 0 Å². The van der Waals surface area contributed by atoms with E-state index in [-0.39, 0.29) is 17.4 Å². The molecule has 1 aromatic rings. The molecule has 0 spiro atoms. The van der Waals surface area contributed by atoms with Crippen LogP contribution < -0.4 is 5.32 Å². The van der Waals surface area contributed by atoms with Crippen molar-refractivity contribution in [1.82, 2.24) is 10.2 Å². The second-order valence-electron chi connectivity index (χ2n) is 6.68. The van der Waals surface area contributed by atoms with Crippen LogP contribution in [0.25, 0.3) is 0 Å². The average molecular weight is 309 g/mol. The molecule has 1 aliphatic heterocycles. The third-order valence-corrected chi connectivity index (χ3v) is 4.73. The first-order valence-corrected chi connectivity index (χ1v) is 7.94. The lowest BCUT2D eigenvalue weighted by atomic mass is 9.90. The van der Waals surface area contributed by atoms with Gasteiger partial charge in [0.15, 0.2) is 0 Å². The smallest absolute Gasteiger partial charge is 0.225 e. The van der Waals surface area contributed by atoms with Crippen LogP contribution in [0.15, 0.2) is 18.2 Å². The average Bonchev–Trinajstić information content (AvgIpc) is 2.41. The van der Waals surface area contributed by atoms with Crippen molar-refractivity contribution in [2.75, 3.05) is 20.1 Å². The Morgan fingerprint density at radius 2 is 2.14 bits per heavy atom. The van der Waals surface area contributed by atoms with Crippen molar-refractivity contribution in [3.63, 3.8) is 0 Å². The van der Waals surface area contributed by atoms with Gasteiger partial charge in [-0.25, -0.2) is 0 Å². The Balaban J connectivity index is 2.08. The first-order chi connectivity index (χ1) is 9.79. The normalized spacial score (nSPS) is 20.3. The summed E-state index contributed by atoms with van der Waals surface area (Å²) in [6.07, 6.45) is 2.07. The lowest BCUT2D eigenvalue weighted by Crippen LogP contribution is -2.48. The fraction of sp³-hybridized carbons (Fsp3) is 0.588. The van der Waals surface area contributed by atoms with Crippen molar-refractivity contribution >= 4 is 17.5 Å². The summed E-state index contributed by atoms with van der Waals surface area (Å²) in [6, 6.07) is 5.94. The summed E-state index contributed by atoms with van der Waals surface area (Å²) in [4.78, 5) is 14.7. The molecule has 1 atom stereocenters. The van der Waals surface area contributed by atoms with Crippen molar-refractivity contribution in [2.24, 2.45) is 5.92 Å². The molecule has 0 bridgehead atoms. The molecule has 3 nitrogen and oxygen atoms in total. The van der Waals surface area contributed by atoms with E-state index in [0.29, 0.717) is 0 Å². The lowest BCUT2D eigenvalue weighted by molar-refractivity contribution is -0.128. The first-order valence-electron chi connectivity index (χ1n) is 7.57. The maximum absolute atomic E-state index is 12.5. The summed E-state index contributed by atoms with van der Waals surface area (Å²) >= 11 is 6.08. The summed E-state index contributed by atoms with van der Waals surface area (Å²) in [7, 11) is 2.08. The van der Waals surface area contributed by atoms with E-state index in [1.807, 2.05) is 32.9 Å². The minimum atomic E-state index is -0.386. The molecule has 0 aromatic heterocycles. The molecular formula is C17H25ClN2O. The molecule has 1 N–H and O–H groups in total. The Labute approximate surface area is 132 Å². The van der Waals surface area contributed by atoms with Crippen LogP contribution in [0.1, 0.15) is 37.8 Å². The van der Waals surface area contributed by atoms with Gasteiger partial charge in [-0.1, -0.05) is 23.7 Å². The van der Waals surface area contributed by atoms with E-state index in [0.717, 1.165) is 42.1 Å². The first kappa shape index (κ1) is 16.3. The number of hydrogen-bond donors (Lipinski definition) is 1. The fourth-order valence-corrected chi connectivity index (χ4v) is 3.01. The van der Waals surface area contributed by atoms with Crippen LogP contribution in [0.2, 0.25) is 5.02 Å². The third kappa shape index (κ3) is 3.98. The second-order valence-corrected chi connectivity index (χ2v) is 7.09. The molecule has 21 heavy (non-hydrogen) atoms. The largest absolute Gasteiger partial charge is 0.347 e. The number of carbonyl (C=O) groups excluding carboxylic acids is 1. The van der Waals surface area contributed by atoms with Crippen LogP contribution in [-0.2, 0) is 10.3 Å². The van der Waals surface area contributed by atoms with Gasteiger partial charge in [-0.05, 0) is 64.4 Å². The highest BCUT2D eigenvalue weighted by Crippen LogP contribution is 2.26. The molecule has 0 saturated carbocycles. The number of halogens is 1. The summed E-state index contributed by atoms with van der Waals surface area (Å²) in [5.74, 6) is 0.246. The van der Waals surface area contributed by atoms with Gasteiger partial charge in [0, 0.05) is 11.6 Å². The minimum Gasteiger partial charge on any atom is -0.347 e. The standard InChI is InChI=1S/C17H25ClN2O/c1-12-10-14(7-8-15(12)18)17(2,3)19-16(21)13-6-5-9-20(4)11-13/h7-8,10,13H,5-6,9,11H2,1-4H3,(H,19,21)/t13-/m0/s1. The highest BCUT2D eigenvalue weighted by Gasteiger charge is 2.29. The monoisotopic (exact) mass is 308 g/mol. The summed E-state index contributed by atoms with van der Waals surface area (Å²) in [5, 5.41) is 3.96. The van der Waals surface area contributed by atoms with Gasteiger partial charge < -0.3 is 10.2 Å². The predicted molar refractivity (Wildman–Crippen MR) is 87.6 cm³/mol. The Morgan fingerprint density at radius 3 is 2.76 bits per heavy atom. The molecule has 1 saturated heterocycles. The van der Waals surface area contributed by atoms with E-state index >= 15 is 0 Å². The second kappa shape index (κ2) is 6.37. The lowest BCUT2D eigenvalue weighted by Gasteiger charge is -2.33. The molecule has 0 aliphatic carbocycles. The van der Waals surface area contributed by atoms with E-state index in [1.165, 1.54) is 0 Å². The van der Waals surface area contributed by atoms with Gasteiger partial charge in [0.05, 0.1) is 11.5 Å². The summed E-state index contributed by atoms with van der Waals surface area (Å²) in [6.45, 7) is 8.01. The number of benzene rings is 1. The number of likely N-dealkylation sites (tertiary alicyclic amines) is 1. The predicted octanol–water partition coefficient (Wildman–Crippen LogP) is 3.34. The van der Waals surface area contributed by atoms with Gasteiger partial charge in [-0.3, -0.25) is 4.79 Å². The minimum absolute atomic E-state index is 0.0939. The van der Waals surface area contributed by atoms with Gasteiger partial charge >= 0.3 is 0 Å². The van der Waals surface area contributed by atoms with Gasteiger partial charge in [0.1, 0.15) is 0 Å². The highest BCUT2D eigenvalue weighted by atomic mass is 35.5. The Hall–Kier alpha value is -1.06. The maximum Gasteiger partial charge on any atom is 0.225 e. The zero-order valence-electron chi connectivity index (χ0n) is 13.4. The van der Waals surface area contributed by atoms with Crippen LogP contribution in [-0.4, -0.2) is 30.9 Å². The van der Waals surface area contributed by atoms with Crippen molar-refractivity contribution < 1.29 is 4.79 Å². The molecule has 1 amide bonds. The fourth-order valence-electron chi connectivity index (χ4n) is 2.90. The Bertz CT molecular complexity index is 528. The van der Waals surface area contributed by atoms with Gasteiger partial charge in [0.25, 0.3) is 0 Å².